The fourth-order valence-electron chi connectivity index (χ4n) is 1.80. The third-order valence-electron chi connectivity index (χ3n) is 2.59. The minimum Gasteiger partial charge on any atom is -0.494 e. The Morgan fingerprint density at radius 2 is 2.18 bits per heavy atom. The fraction of sp³-hybridized carbons (Fsp3) is 0.333. The number of nitrogens with two attached hydrogens (primary N) is 1. The van der Waals surface area contributed by atoms with Crippen LogP contribution in [0.25, 0.3) is 11.3 Å². The number of hydrogen-bond acceptors (Lipinski definition) is 5. The number of rotatable bonds is 3. The SMILES string of the molecule is COc1cnccc1-c1noc(N)c1C(C)C. The maximum Gasteiger partial charge on any atom is 0.226 e. The zero-order chi connectivity index (χ0) is 12.4. The molecule has 0 aliphatic rings. The summed E-state index contributed by atoms with van der Waals surface area (Å²) in [5.41, 5.74) is 8.24. The highest BCUT2D eigenvalue weighted by molar-refractivity contribution is 5.72. The number of anilines is 1. The Hall–Kier alpha value is -2.04. The van der Waals surface area contributed by atoms with E-state index in [1.54, 1.807) is 19.5 Å². The summed E-state index contributed by atoms with van der Waals surface area (Å²) in [6.45, 7) is 4.08. The van der Waals surface area contributed by atoms with E-state index in [0.717, 1.165) is 16.8 Å². The maximum atomic E-state index is 5.79. The summed E-state index contributed by atoms with van der Waals surface area (Å²) in [6.07, 6.45) is 3.33. The van der Waals surface area contributed by atoms with Crippen LogP contribution >= 0.6 is 0 Å². The van der Waals surface area contributed by atoms with Gasteiger partial charge in [0.2, 0.25) is 5.88 Å². The molecule has 0 amide bonds. The standard InChI is InChI=1S/C12H15N3O2/c1-7(2)10-11(15-17-12(10)13)8-4-5-14-6-9(8)16-3/h4-7H,13H2,1-3H3. The molecule has 90 valence electrons. The summed E-state index contributed by atoms with van der Waals surface area (Å²) in [7, 11) is 1.60. The van der Waals surface area contributed by atoms with Crippen molar-refractivity contribution in [2.45, 2.75) is 19.8 Å². The predicted octanol–water partition coefficient (Wildman–Crippen LogP) is 2.45. The lowest BCUT2D eigenvalue weighted by atomic mass is 9.99. The van der Waals surface area contributed by atoms with Gasteiger partial charge in [-0.2, -0.15) is 0 Å². The Bertz CT molecular complexity index is 520. The molecule has 0 atom stereocenters. The van der Waals surface area contributed by atoms with E-state index in [4.69, 9.17) is 15.0 Å². The molecule has 0 aromatic carbocycles. The van der Waals surface area contributed by atoms with E-state index in [1.165, 1.54) is 0 Å². The summed E-state index contributed by atoms with van der Waals surface area (Å²) < 4.78 is 10.3. The first-order valence-corrected chi connectivity index (χ1v) is 5.38. The van der Waals surface area contributed by atoms with Crippen molar-refractivity contribution < 1.29 is 9.26 Å². The summed E-state index contributed by atoms with van der Waals surface area (Å²) >= 11 is 0. The Morgan fingerprint density at radius 3 is 2.82 bits per heavy atom. The van der Waals surface area contributed by atoms with Crippen LogP contribution in [0.3, 0.4) is 0 Å². The smallest absolute Gasteiger partial charge is 0.226 e. The molecule has 0 aliphatic heterocycles. The molecule has 0 radical (unpaired) electrons. The number of methoxy groups -OCH3 is 1. The van der Waals surface area contributed by atoms with Gasteiger partial charge in [0.25, 0.3) is 0 Å². The minimum absolute atomic E-state index is 0.231. The topological polar surface area (TPSA) is 74.2 Å². The number of nitrogen functional groups attached to an aromatic ring is 1. The van der Waals surface area contributed by atoms with Crippen LogP contribution in [-0.4, -0.2) is 17.3 Å². The Kier molecular flexibility index (Phi) is 2.99. The molecular weight excluding hydrogens is 218 g/mol. The van der Waals surface area contributed by atoms with Crippen LogP contribution in [0.5, 0.6) is 5.75 Å². The van der Waals surface area contributed by atoms with Gasteiger partial charge in [0.05, 0.1) is 13.3 Å². The van der Waals surface area contributed by atoms with Gasteiger partial charge in [-0.1, -0.05) is 19.0 Å². The van der Waals surface area contributed by atoms with E-state index in [-0.39, 0.29) is 5.92 Å². The highest BCUT2D eigenvalue weighted by Gasteiger charge is 2.20. The number of nitrogens with zero attached hydrogens (tertiary/aromatic N) is 2. The summed E-state index contributed by atoms with van der Waals surface area (Å²) in [6, 6.07) is 1.84. The summed E-state index contributed by atoms with van der Waals surface area (Å²) in [5.74, 6) is 1.24. The van der Waals surface area contributed by atoms with Crippen LogP contribution in [0.2, 0.25) is 0 Å². The van der Waals surface area contributed by atoms with Gasteiger partial charge in [-0.05, 0) is 12.0 Å². The van der Waals surface area contributed by atoms with Crippen molar-refractivity contribution in [3.63, 3.8) is 0 Å². The molecule has 5 nitrogen and oxygen atoms in total. The molecule has 2 aromatic rings. The molecule has 5 heteroatoms. The highest BCUT2D eigenvalue weighted by atomic mass is 16.5. The van der Waals surface area contributed by atoms with E-state index in [2.05, 4.69) is 10.1 Å². The third kappa shape index (κ3) is 1.95. The molecule has 0 saturated heterocycles. The van der Waals surface area contributed by atoms with E-state index in [0.29, 0.717) is 11.6 Å². The molecule has 17 heavy (non-hydrogen) atoms. The Labute approximate surface area is 99.6 Å². The number of aromatic nitrogens is 2. The van der Waals surface area contributed by atoms with Crippen molar-refractivity contribution in [3.05, 3.63) is 24.0 Å². The average Bonchev–Trinajstić information content (AvgIpc) is 2.71. The second-order valence-corrected chi connectivity index (χ2v) is 4.04. The molecule has 0 saturated carbocycles. The summed E-state index contributed by atoms with van der Waals surface area (Å²) in [5, 5.41) is 4.01. The monoisotopic (exact) mass is 233 g/mol. The van der Waals surface area contributed by atoms with Crippen LogP contribution in [0.1, 0.15) is 25.3 Å². The predicted molar refractivity (Wildman–Crippen MR) is 64.8 cm³/mol. The molecule has 0 aliphatic carbocycles. The second kappa shape index (κ2) is 4.45. The van der Waals surface area contributed by atoms with Gasteiger partial charge >= 0.3 is 0 Å². The van der Waals surface area contributed by atoms with Gasteiger partial charge < -0.3 is 15.0 Å². The van der Waals surface area contributed by atoms with Crippen molar-refractivity contribution >= 4 is 5.88 Å². The number of pyridine rings is 1. The van der Waals surface area contributed by atoms with Gasteiger partial charge in [0, 0.05) is 17.3 Å². The molecule has 2 N–H and O–H groups in total. The van der Waals surface area contributed by atoms with Crippen LogP contribution in [0.15, 0.2) is 23.0 Å². The largest absolute Gasteiger partial charge is 0.494 e. The number of ether oxygens (including phenoxy) is 1. The van der Waals surface area contributed by atoms with Crippen LogP contribution in [0, 0.1) is 0 Å². The van der Waals surface area contributed by atoms with Gasteiger partial charge in [0.15, 0.2) is 0 Å². The lowest BCUT2D eigenvalue weighted by Crippen LogP contribution is -1.96. The maximum absolute atomic E-state index is 5.79. The third-order valence-corrected chi connectivity index (χ3v) is 2.59. The van der Waals surface area contributed by atoms with Crippen LogP contribution in [-0.2, 0) is 0 Å². The first-order chi connectivity index (χ1) is 8.15. The van der Waals surface area contributed by atoms with E-state index >= 15 is 0 Å². The molecule has 0 spiro atoms. The van der Waals surface area contributed by atoms with E-state index in [1.807, 2.05) is 19.9 Å². The highest BCUT2D eigenvalue weighted by Crippen LogP contribution is 2.36. The molecule has 2 heterocycles. The second-order valence-electron chi connectivity index (χ2n) is 4.04. The van der Waals surface area contributed by atoms with Crippen LogP contribution in [0.4, 0.5) is 5.88 Å². The van der Waals surface area contributed by atoms with Crippen molar-refractivity contribution in [2.75, 3.05) is 12.8 Å². The fourth-order valence-corrected chi connectivity index (χ4v) is 1.80. The van der Waals surface area contributed by atoms with Crippen molar-refractivity contribution in [1.82, 2.24) is 10.1 Å². The number of hydrogen-bond donors (Lipinski definition) is 1. The van der Waals surface area contributed by atoms with Gasteiger partial charge in [0.1, 0.15) is 11.4 Å². The van der Waals surface area contributed by atoms with Gasteiger partial charge in [-0.3, -0.25) is 4.98 Å². The molecule has 0 unspecified atom stereocenters. The molecule has 2 rings (SSSR count). The molecule has 2 aromatic heterocycles. The summed E-state index contributed by atoms with van der Waals surface area (Å²) in [4.78, 5) is 4.01. The van der Waals surface area contributed by atoms with E-state index < -0.39 is 0 Å². The van der Waals surface area contributed by atoms with Crippen molar-refractivity contribution in [1.29, 1.82) is 0 Å². The Morgan fingerprint density at radius 1 is 1.41 bits per heavy atom. The quantitative estimate of drug-likeness (QED) is 0.881. The molecular formula is C12H15N3O2. The van der Waals surface area contributed by atoms with Crippen molar-refractivity contribution in [2.24, 2.45) is 0 Å². The van der Waals surface area contributed by atoms with Gasteiger partial charge in [-0.25, -0.2) is 0 Å². The first kappa shape index (κ1) is 11.4. The van der Waals surface area contributed by atoms with E-state index in [9.17, 15) is 0 Å². The molecule has 0 bridgehead atoms. The van der Waals surface area contributed by atoms with Crippen molar-refractivity contribution in [3.8, 4) is 17.0 Å². The van der Waals surface area contributed by atoms with Crippen LogP contribution < -0.4 is 10.5 Å². The first-order valence-electron chi connectivity index (χ1n) is 5.38. The van der Waals surface area contributed by atoms with Gasteiger partial charge in [-0.15, -0.1) is 0 Å². The molecule has 0 fully saturated rings. The zero-order valence-electron chi connectivity index (χ0n) is 10.1. The Balaban J connectivity index is 2.60. The normalized spacial score (nSPS) is 10.8. The minimum atomic E-state index is 0.231. The zero-order valence-corrected chi connectivity index (χ0v) is 10.1. The lowest BCUT2D eigenvalue weighted by molar-refractivity contribution is 0.412. The average molecular weight is 233 g/mol. The lowest BCUT2D eigenvalue weighted by Gasteiger charge is -2.08.